The third-order valence-corrected chi connectivity index (χ3v) is 5.66. The van der Waals surface area contributed by atoms with Gasteiger partial charge in [-0.05, 0) is 46.0 Å². The van der Waals surface area contributed by atoms with Crippen LogP contribution in [0.5, 0.6) is 0 Å². The average Bonchev–Trinajstić information content (AvgIpc) is 2.65. The highest BCUT2D eigenvalue weighted by Gasteiger charge is 2.45. The summed E-state index contributed by atoms with van der Waals surface area (Å²) in [5.41, 5.74) is -0.134. The number of hydrogen-bond donors (Lipinski definition) is 0. The lowest BCUT2D eigenvalue weighted by Crippen LogP contribution is -2.58. The van der Waals surface area contributed by atoms with Crippen LogP contribution in [0.2, 0.25) is 0 Å². The number of likely N-dealkylation sites (tertiary alicyclic amines) is 1. The van der Waals surface area contributed by atoms with Crippen LogP contribution in [0.4, 0.5) is 0 Å². The summed E-state index contributed by atoms with van der Waals surface area (Å²) in [6, 6.07) is 1.76. The highest BCUT2D eigenvalue weighted by atomic mass is 16.5. The minimum atomic E-state index is -0.134. The maximum Gasteiger partial charge on any atom is 0.225 e. The molecule has 2 saturated heterocycles. The molecule has 1 aliphatic carbocycles. The minimum Gasteiger partial charge on any atom is -0.378 e. The summed E-state index contributed by atoms with van der Waals surface area (Å²) < 4.78 is 5.61. The first kappa shape index (κ1) is 14.3. The van der Waals surface area contributed by atoms with Crippen molar-refractivity contribution >= 4 is 5.91 Å². The SMILES string of the molecule is COC1(CC(=O)N2CC3CCC(C2)N3C(C)C)CCC1. The van der Waals surface area contributed by atoms with Gasteiger partial charge in [-0.2, -0.15) is 0 Å². The fourth-order valence-electron chi connectivity index (χ4n) is 4.39. The van der Waals surface area contributed by atoms with Crippen molar-refractivity contribution in [2.45, 2.75) is 76.1 Å². The first-order valence-electron chi connectivity index (χ1n) is 8.15. The molecule has 3 aliphatic rings. The summed E-state index contributed by atoms with van der Waals surface area (Å²) in [4.78, 5) is 17.3. The van der Waals surface area contributed by atoms with Crippen LogP contribution in [0, 0.1) is 0 Å². The lowest BCUT2D eigenvalue weighted by Gasteiger charge is -2.45. The van der Waals surface area contributed by atoms with E-state index < -0.39 is 0 Å². The van der Waals surface area contributed by atoms with E-state index in [4.69, 9.17) is 4.74 Å². The van der Waals surface area contributed by atoms with E-state index in [1.54, 1.807) is 7.11 Å². The molecule has 4 nitrogen and oxygen atoms in total. The van der Waals surface area contributed by atoms with E-state index in [1.165, 1.54) is 19.3 Å². The molecule has 0 spiro atoms. The molecule has 2 unspecified atom stereocenters. The molecule has 0 aromatic rings. The van der Waals surface area contributed by atoms with Gasteiger partial charge < -0.3 is 9.64 Å². The monoisotopic (exact) mass is 280 g/mol. The molecule has 3 rings (SSSR count). The molecule has 2 aliphatic heterocycles. The molecule has 20 heavy (non-hydrogen) atoms. The van der Waals surface area contributed by atoms with Crippen LogP contribution in [0.3, 0.4) is 0 Å². The molecule has 0 aromatic heterocycles. The Bertz CT molecular complexity index is 359. The predicted octanol–water partition coefficient (Wildman–Crippen LogP) is 2.03. The number of methoxy groups -OCH3 is 1. The van der Waals surface area contributed by atoms with Gasteiger partial charge in [-0.25, -0.2) is 0 Å². The third kappa shape index (κ3) is 2.37. The second-order valence-corrected chi connectivity index (χ2v) is 7.14. The number of piperazine rings is 1. The van der Waals surface area contributed by atoms with Gasteiger partial charge in [0.15, 0.2) is 0 Å². The molecule has 4 heteroatoms. The Balaban J connectivity index is 1.61. The largest absolute Gasteiger partial charge is 0.378 e. The summed E-state index contributed by atoms with van der Waals surface area (Å²) in [6.07, 6.45) is 6.39. The molecule has 2 atom stereocenters. The van der Waals surface area contributed by atoms with E-state index in [-0.39, 0.29) is 5.60 Å². The van der Waals surface area contributed by atoms with E-state index in [0.717, 1.165) is 25.9 Å². The highest BCUT2D eigenvalue weighted by molar-refractivity contribution is 5.77. The maximum atomic E-state index is 12.6. The standard InChI is InChI=1S/C16H28N2O2/c1-12(2)18-13-5-6-14(18)11-17(10-13)15(19)9-16(20-3)7-4-8-16/h12-14H,4-11H2,1-3H3. The number of ether oxygens (including phenoxy) is 1. The van der Waals surface area contributed by atoms with Gasteiger partial charge in [0.1, 0.15) is 0 Å². The Morgan fingerprint density at radius 2 is 1.85 bits per heavy atom. The molecule has 1 saturated carbocycles. The van der Waals surface area contributed by atoms with Crippen LogP contribution >= 0.6 is 0 Å². The second-order valence-electron chi connectivity index (χ2n) is 7.14. The molecule has 114 valence electrons. The van der Waals surface area contributed by atoms with Gasteiger partial charge in [0, 0.05) is 38.3 Å². The Hall–Kier alpha value is -0.610. The smallest absolute Gasteiger partial charge is 0.225 e. The number of carbonyl (C=O) groups excluding carboxylic acids is 1. The lowest BCUT2D eigenvalue weighted by atomic mass is 9.77. The number of amides is 1. The van der Waals surface area contributed by atoms with Gasteiger partial charge >= 0.3 is 0 Å². The fraction of sp³-hybridized carbons (Fsp3) is 0.938. The Morgan fingerprint density at radius 1 is 1.25 bits per heavy atom. The summed E-state index contributed by atoms with van der Waals surface area (Å²) in [7, 11) is 1.76. The van der Waals surface area contributed by atoms with Gasteiger partial charge in [0.05, 0.1) is 12.0 Å². The van der Waals surface area contributed by atoms with Crippen LogP contribution in [0.25, 0.3) is 0 Å². The molecular weight excluding hydrogens is 252 g/mol. The van der Waals surface area contributed by atoms with E-state index in [2.05, 4.69) is 23.6 Å². The zero-order valence-corrected chi connectivity index (χ0v) is 13.1. The second kappa shape index (κ2) is 5.30. The Morgan fingerprint density at radius 3 is 2.25 bits per heavy atom. The van der Waals surface area contributed by atoms with Gasteiger partial charge in [-0.15, -0.1) is 0 Å². The Labute approximate surface area is 122 Å². The number of carbonyl (C=O) groups is 1. The molecule has 1 amide bonds. The van der Waals surface area contributed by atoms with Gasteiger partial charge in [-0.3, -0.25) is 9.69 Å². The quantitative estimate of drug-likeness (QED) is 0.790. The predicted molar refractivity (Wildman–Crippen MR) is 78.6 cm³/mol. The van der Waals surface area contributed by atoms with Crippen LogP contribution in [-0.2, 0) is 9.53 Å². The summed E-state index contributed by atoms with van der Waals surface area (Å²) in [5, 5.41) is 0. The first-order valence-corrected chi connectivity index (χ1v) is 8.15. The lowest BCUT2D eigenvalue weighted by molar-refractivity contribution is -0.147. The van der Waals surface area contributed by atoms with Gasteiger partial charge in [0.25, 0.3) is 0 Å². The fourth-order valence-corrected chi connectivity index (χ4v) is 4.39. The van der Waals surface area contributed by atoms with Gasteiger partial charge in [-0.1, -0.05) is 0 Å². The molecule has 0 aromatic carbocycles. The van der Waals surface area contributed by atoms with E-state index in [9.17, 15) is 4.79 Å². The van der Waals surface area contributed by atoms with Crippen LogP contribution < -0.4 is 0 Å². The van der Waals surface area contributed by atoms with Crippen LogP contribution in [0.1, 0.15) is 52.4 Å². The van der Waals surface area contributed by atoms with Crippen molar-refractivity contribution in [2.24, 2.45) is 0 Å². The van der Waals surface area contributed by atoms with Crippen molar-refractivity contribution in [1.29, 1.82) is 0 Å². The van der Waals surface area contributed by atoms with Crippen molar-refractivity contribution in [1.82, 2.24) is 9.80 Å². The molecule has 3 fully saturated rings. The highest BCUT2D eigenvalue weighted by Crippen LogP contribution is 2.39. The summed E-state index contributed by atoms with van der Waals surface area (Å²) >= 11 is 0. The van der Waals surface area contributed by atoms with E-state index in [0.29, 0.717) is 30.5 Å². The van der Waals surface area contributed by atoms with Gasteiger partial charge in [0.2, 0.25) is 5.91 Å². The Kier molecular flexibility index (Phi) is 3.80. The normalized spacial score (nSPS) is 32.5. The first-order chi connectivity index (χ1) is 9.54. The summed E-state index contributed by atoms with van der Waals surface area (Å²) in [5.74, 6) is 0.312. The zero-order valence-electron chi connectivity index (χ0n) is 13.1. The molecule has 0 N–H and O–H groups in total. The number of hydrogen-bond acceptors (Lipinski definition) is 3. The van der Waals surface area contributed by atoms with Crippen LogP contribution in [0.15, 0.2) is 0 Å². The number of rotatable bonds is 4. The van der Waals surface area contributed by atoms with E-state index in [1.807, 2.05) is 0 Å². The number of fused-ring (bicyclic) bond motifs is 2. The topological polar surface area (TPSA) is 32.8 Å². The van der Waals surface area contributed by atoms with Crippen molar-refractivity contribution in [2.75, 3.05) is 20.2 Å². The molecule has 2 heterocycles. The minimum absolute atomic E-state index is 0.134. The molecule has 0 radical (unpaired) electrons. The van der Waals surface area contributed by atoms with E-state index >= 15 is 0 Å². The third-order valence-electron chi connectivity index (χ3n) is 5.66. The zero-order chi connectivity index (χ0) is 14.3. The van der Waals surface area contributed by atoms with Crippen molar-refractivity contribution in [3.8, 4) is 0 Å². The van der Waals surface area contributed by atoms with Crippen molar-refractivity contribution in [3.05, 3.63) is 0 Å². The van der Waals surface area contributed by atoms with Crippen LogP contribution in [-0.4, -0.2) is 59.6 Å². The average molecular weight is 280 g/mol. The number of nitrogens with zero attached hydrogens (tertiary/aromatic N) is 2. The van der Waals surface area contributed by atoms with Crippen molar-refractivity contribution in [3.63, 3.8) is 0 Å². The molecular formula is C16H28N2O2. The molecule has 2 bridgehead atoms. The maximum absolute atomic E-state index is 12.6. The van der Waals surface area contributed by atoms with Crippen molar-refractivity contribution < 1.29 is 9.53 Å². The summed E-state index contributed by atoms with van der Waals surface area (Å²) in [6.45, 7) is 6.40.